The van der Waals surface area contributed by atoms with Crippen LogP contribution in [-0.2, 0) is 16.8 Å². The molecule has 30 heavy (non-hydrogen) atoms. The molecule has 1 saturated carbocycles. The standard InChI is InChI=1S/C25H27N3O2/c1-25(30,20-9-3-2-4-10-20)16-21(29)11-6-12-22-24(19-7-5-8-19)23-15-18(17-26)13-14-28(23)27-22/h2-4,9-10,13-15,19,30H,5-8,11-12,16H2,1H3/t25-/m0/s1. The lowest BCUT2D eigenvalue weighted by atomic mass is 9.78. The molecule has 4 rings (SSSR count). The number of nitriles is 1. The highest BCUT2D eigenvalue weighted by atomic mass is 16.3. The molecule has 2 aromatic heterocycles. The van der Waals surface area contributed by atoms with Gasteiger partial charge in [0.15, 0.2) is 0 Å². The molecule has 0 spiro atoms. The van der Waals surface area contributed by atoms with Crippen molar-refractivity contribution in [3.05, 3.63) is 71.0 Å². The first-order chi connectivity index (χ1) is 14.5. The molecule has 2 heterocycles. The number of aryl methyl sites for hydroxylation is 1. The maximum atomic E-state index is 12.5. The Kier molecular flexibility index (Phi) is 5.69. The van der Waals surface area contributed by atoms with Crippen molar-refractivity contribution in [1.82, 2.24) is 9.61 Å². The van der Waals surface area contributed by atoms with Gasteiger partial charge in [-0.15, -0.1) is 0 Å². The molecule has 154 valence electrons. The van der Waals surface area contributed by atoms with E-state index in [0.717, 1.165) is 36.0 Å². The fourth-order valence-corrected chi connectivity index (χ4v) is 4.33. The van der Waals surface area contributed by atoms with E-state index >= 15 is 0 Å². The van der Waals surface area contributed by atoms with Crippen LogP contribution in [0.3, 0.4) is 0 Å². The number of fused-ring (bicyclic) bond motifs is 1. The summed E-state index contributed by atoms with van der Waals surface area (Å²) >= 11 is 0. The highest BCUT2D eigenvalue weighted by Crippen LogP contribution is 2.40. The van der Waals surface area contributed by atoms with Crippen molar-refractivity contribution in [3.8, 4) is 6.07 Å². The average Bonchev–Trinajstić information content (AvgIpc) is 3.04. The predicted molar refractivity (Wildman–Crippen MR) is 115 cm³/mol. The monoisotopic (exact) mass is 401 g/mol. The van der Waals surface area contributed by atoms with E-state index < -0.39 is 5.60 Å². The van der Waals surface area contributed by atoms with E-state index in [-0.39, 0.29) is 12.2 Å². The van der Waals surface area contributed by atoms with E-state index in [9.17, 15) is 15.2 Å². The Morgan fingerprint density at radius 2 is 2.07 bits per heavy atom. The van der Waals surface area contributed by atoms with Gasteiger partial charge in [-0.05, 0) is 56.2 Å². The molecule has 3 aromatic rings. The molecule has 0 aliphatic heterocycles. The van der Waals surface area contributed by atoms with Crippen LogP contribution < -0.4 is 0 Å². The van der Waals surface area contributed by atoms with Crippen molar-refractivity contribution in [2.75, 3.05) is 0 Å². The van der Waals surface area contributed by atoms with Crippen LogP contribution in [0.1, 0.15) is 73.8 Å². The number of rotatable bonds is 8. The normalized spacial score (nSPS) is 16.0. The lowest BCUT2D eigenvalue weighted by Crippen LogP contribution is -2.25. The zero-order valence-corrected chi connectivity index (χ0v) is 17.3. The summed E-state index contributed by atoms with van der Waals surface area (Å²) in [5, 5.41) is 24.7. The average molecular weight is 402 g/mol. The maximum absolute atomic E-state index is 12.5. The number of hydrogen-bond donors (Lipinski definition) is 1. The Morgan fingerprint density at radius 1 is 1.30 bits per heavy atom. The minimum absolute atomic E-state index is 0.0598. The zero-order valence-electron chi connectivity index (χ0n) is 17.3. The molecule has 1 aromatic carbocycles. The lowest BCUT2D eigenvalue weighted by Gasteiger charge is -2.26. The number of ketones is 1. The van der Waals surface area contributed by atoms with Gasteiger partial charge in [0.05, 0.1) is 28.4 Å². The van der Waals surface area contributed by atoms with Crippen molar-refractivity contribution in [2.45, 2.75) is 63.4 Å². The van der Waals surface area contributed by atoms with Gasteiger partial charge in [0, 0.05) is 24.6 Å². The number of aliphatic hydroxyl groups is 1. The Morgan fingerprint density at radius 3 is 2.73 bits per heavy atom. The summed E-state index contributed by atoms with van der Waals surface area (Å²) < 4.78 is 1.87. The van der Waals surface area contributed by atoms with Crippen LogP contribution in [0.15, 0.2) is 48.7 Å². The second-order valence-corrected chi connectivity index (χ2v) is 8.55. The first-order valence-corrected chi connectivity index (χ1v) is 10.7. The lowest BCUT2D eigenvalue weighted by molar-refractivity contribution is -0.123. The van der Waals surface area contributed by atoms with Crippen LogP contribution in [0.4, 0.5) is 0 Å². The summed E-state index contributed by atoms with van der Waals surface area (Å²) in [6, 6.07) is 15.3. The van der Waals surface area contributed by atoms with Crippen molar-refractivity contribution >= 4 is 11.3 Å². The number of benzene rings is 1. The molecule has 0 unspecified atom stereocenters. The summed E-state index contributed by atoms with van der Waals surface area (Å²) in [5.74, 6) is 0.561. The van der Waals surface area contributed by atoms with Gasteiger partial charge < -0.3 is 5.11 Å². The number of Topliss-reactive ketones (excluding diaryl/α,β-unsaturated/α-hetero) is 1. The Hall–Kier alpha value is -2.97. The van der Waals surface area contributed by atoms with Crippen molar-refractivity contribution < 1.29 is 9.90 Å². The summed E-state index contributed by atoms with van der Waals surface area (Å²) in [6.07, 6.45) is 7.36. The molecule has 0 radical (unpaired) electrons. The van der Waals surface area contributed by atoms with E-state index in [1.165, 1.54) is 12.0 Å². The van der Waals surface area contributed by atoms with Gasteiger partial charge in [-0.3, -0.25) is 4.79 Å². The van der Waals surface area contributed by atoms with Crippen molar-refractivity contribution in [2.24, 2.45) is 0 Å². The molecule has 0 saturated heterocycles. The minimum atomic E-state index is -1.15. The highest BCUT2D eigenvalue weighted by molar-refractivity contribution is 5.79. The second kappa shape index (κ2) is 8.41. The SMILES string of the molecule is C[C@](O)(CC(=O)CCCc1nn2ccc(C#N)cc2c1C1CCC1)c1ccccc1. The second-order valence-electron chi connectivity index (χ2n) is 8.55. The first-order valence-electron chi connectivity index (χ1n) is 10.7. The van der Waals surface area contributed by atoms with Gasteiger partial charge in [0.25, 0.3) is 0 Å². The largest absolute Gasteiger partial charge is 0.385 e. The van der Waals surface area contributed by atoms with Crippen molar-refractivity contribution in [3.63, 3.8) is 0 Å². The third-order valence-electron chi connectivity index (χ3n) is 6.20. The molecule has 0 amide bonds. The zero-order chi connectivity index (χ0) is 21.1. The van der Waals surface area contributed by atoms with Crippen LogP contribution in [0.25, 0.3) is 5.52 Å². The number of nitrogens with zero attached hydrogens (tertiary/aromatic N) is 3. The summed E-state index contributed by atoms with van der Waals surface area (Å²) in [6.45, 7) is 1.70. The molecular formula is C25H27N3O2. The van der Waals surface area contributed by atoms with Crippen LogP contribution in [0.5, 0.6) is 0 Å². The third kappa shape index (κ3) is 4.15. The Balaban J connectivity index is 1.44. The molecule has 5 heteroatoms. The van der Waals surface area contributed by atoms with E-state index in [4.69, 9.17) is 5.10 Å². The van der Waals surface area contributed by atoms with Gasteiger partial charge in [0.2, 0.25) is 0 Å². The molecule has 0 bridgehead atoms. The molecule has 1 aliphatic rings. The molecule has 1 fully saturated rings. The van der Waals surface area contributed by atoms with E-state index in [1.807, 2.05) is 47.1 Å². The van der Waals surface area contributed by atoms with E-state index in [1.54, 1.807) is 13.0 Å². The fourth-order valence-electron chi connectivity index (χ4n) is 4.33. The fraction of sp³-hybridized carbons (Fsp3) is 0.400. The third-order valence-corrected chi connectivity index (χ3v) is 6.20. The summed E-state index contributed by atoms with van der Waals surface area (Å²) in [7, 11) is 0. The number of carbonyl (C=O) groups excluding carboxylic acids is 1. The minimum Gasteiger partial charge on any atom is -0.385 e. The van der Waals surface area contributed by atoms with Gasteiger partial charge in [-0.1, -0.05) is 36.8 Å². The molecule has 1 N–H and O–H groups in total. The maximum Gasteiger partial charge on any atom is 0.136 e. The molecule has 1 aliphatic carbocycles. The number of hydrogen-bond acceptors (Lipinski definition) is 4. The smallest absolute Gasteiger partial charge is 0.136 e. The number of pyridine rings is 1. The summed E-state index contributed by atoms with van der Waals surface area (Å²) in [4.78, 5) is 12.5. The molecular weight excluding hydrogens is 374 g/mol. The topological polar surface area (TPSA) is 78.4 Å². The van der Waals surface area contributed by atoms with Gasteiger partial charge in [-0.2, -0.15) is 10.4 Å². The van der Waals surface area contributed by atoms with Crippen LogP contribution in [-0.4, -0.2) is 20.5 Å². The van der Waals surface area contributed by atoms with Crippen LogP contribution in [0, 0.1) is 11.3 Å². The molecule has 5 nitrogen and oxygen atoms in total. The van der Waals surface area contributed by atoms with Gasteiger partial charge >= 0.3 is 0 Å². The Bertz CT molecular complexity index is 1090. The van der Waals surface area contributed by atoms with Crippen LogP contribution in [0.2, 0.25) is 0 Å². The van der Waals surface area contributed by atoms with Gasteiger partial charge in [0.1, 0.15) is 5.78 Å². The first kappa shape index (κ1) is 20.3. The van der Waals surface area contributed by atoms with Crippen molar-refractivity contribution in [1.29, 1.82) is 5.26 Å². The summed E-state index contributed by atoms with van der Waals surface area (Å²) in [5.41, 5.74) is 3.57. The van der Waals surface area contributed by atoms with E-state index in [2.05, 4.69) is 6.07 Å². The van der Waals surface area contributed by atoms with E-state index in [0.29, 0.717) is 24.3 Å². The van der Waals surface area contributed by atoms with Gasteiger partial charge in [-0.25, -0.2) is 4.52 Å². The van der Waals surface area contributed by atoms with Crippen LogP contribution >= 0.6 is 0 Å². The Labute approximate surface area is 177 Å². The number of carbonyl (C=O) groups is 1. The number of aromatic nitrogens is 2. The quantitative estimate of drug-likeness (QED) is 0.595. The highest BCUT2D eigenvalue weighted by Gasteiger charge is 2.28. The molecule has 1 atom stereocenters. The predicted octanol–water partition coefficient (Wildman–Crippen LogP) is 4.66.